The van der Waals surface area contributed by atoms with Gasteiger partial charge in [0.1, 0.15) is 0 Å². The molecule has 0 atom stereocenters. The van der Waals surface area contributed by atoms with E-state index in [-0.39, 0.29) is 22.6 Å². The molecule has 0 aliphatic carbocycles. The van der Waals surface area contributed by atoms with Crippen LogP contribution in [0.2, 0.25) is 0 Å². The average molecular weight is 770 g/mol. The molecule has 14 heteroatoms. The number of halogens is 1. The molecule has 1 aliphatic rings. The zero-order chi connectivity index (χ0) is 37.6. The second kappa shape index (κ2) is 19.0. The molecule has 0 radical (unpaired) electrons. The molecular weight excluding hydrogens is 730 g/mol. The van der Waals surface area contributed by atoms with Crippen LogP contribution in [0, 0.1) is 11.3 Å². The highest BCUT2D eigenvalue weighted by atomic mass is 35.5. The molecule has 11 nitrogen and oxygen atoms in total. The monoisotopic (exact) mass is 769 g/mol. The van der Waals surface area contributed by atoms with E-state index in [4.69, 9.17) is 16.9 Å². The van der Waals surface area contributed by atoms with Crippen molar-refractivity contribution < 1.29 is 18.0 Å². The normalized spacial score (nSPS) is 12.6. The van der Waals surface area contributed by atoms with Gasteiger partial charge in [-0.15, -0.1) is 11.6 Å². The largest absolute Gasteiger partial charge is 0.368 e. The summed E-state index contributed by atoms with van der Waals surface area (Å²) in [7, 11) is -3.89. The van der Waals surface area contributed by atoms with Gasteiger partial charge in [-0.2, -0.15) is 5.26 Å². The number of piperazine rings is 1. The van der Waals surface area contributed by atoms with E-state index in [1.165, 1.54) is 4.31 Å². The van der Waals surface area contributed by atoms with Crippen LogP contribution in [-0.2, 0) is 34.5 Å². The maximum absolute atomic E-state index is 13.9. The minimum absolute atomic E-state index is 0.00106. The number of nitrogens with zero attached hydrogens (tertiary/aromatic N) is 6. The molecule has 0 spiro atoms. The van der Waals surface area contributed by atoms with Gasteiger partial charge in [0.2, 0.25) is 5.91 Å². The molecule has 2 amide bonds. The first-order valence-corrected chi connectivity index (χ1v) is 19.4. The number of nitriles is 1. The number of carbonyl (C=O) groups excluding carboxylic acids is 2. The number of rotatable bonds is 12. The molecule has 1 N–H and O–H groups in total. The summed E-state index contributed by atoms with van der Waals surface area (Å²) in [5, 5.41) is 11.6. The highest BCUT2D eigenvalue weighted by Crippen LogP contribution is 2.29. The summed E-state index contributed by atoms with van der Waals surface area (Å²) in [5.41, 5.74) is 4.86. The Morgan fingerprint density at radius 3 is 2.11 bits per heavy atom. The van der Waals surface area contributed by atoms with Crippen LogP contribution in [0.3, 0.4) is 0 Å². The number of aromatic nitrogens is 2. The Bertz CT molecular complexity index is 2080. The number of anilines is 2. The van der Waals surface area contributed by atoms with Gasteiger partial charge in [0.15, 0.2) is 0 Å². The average Bonchev–Trinajstić information content (AvgIpc) is 3.64. The number of thiol groups is 1. The predicted octanol–water partition coefficient (Wildman–Crippen LogP) is 6.30. The van der Waals surface area contributed by atoms with E-state index in [1.807, 2.05) is 71.3 Å². The van der Waals surface area contributed by atoms with E-state index < -0.39 is 10.0 Å². The van der Waals surface area contributed by atoms with Crippen LogP contribution < -0.4 is 14.5 Å². The van der Waals surface area contributed by atoms with Crippen molar-refractivity contribution in [1.82, 2.24) is 19.8 Å². The van der Waals surface area contributed by atoms with Gasteiger partial charge in [-0.05, 0) is 59.7 Å². The summed E-state index contributed by atoms with van der Waals surface area (Å²) >= 11 is 9.34. The van der Waals surface area contributed by atoms with E-state index in [1.54, 1.807) is 59.9 Å². The van der Waals surface area contributed by atoms with Crippen molar-refractivity contribution in [3.05, 3.63) is 144 Å². The number of hydrogen-bond donors (Lipinski definition) is 2. The number of alkyl halides is 1. The van der Waals surface area contributed by atoms with E-state index in [2.05, 4.69) is 33.9 Å². The maximum Gasteiger partial charge on any atom is 0.278 e. The molecule has 0 bridgehead atoms. The van der Waals surface area contributed by atoms with Gasteiger partial charge < -0.3 is 19.7 Å². The molecule has 1 aromatic heterocycles. The second-order valence-corrected chi connectivity index (χ2v) is 14.7. The number of nitrogens with one attached hydrogen (secondary N) is 1. The van der Waals surface area contributed by atoms with E-state index in [0.717, 1.165) is 22.5 Å². The lowest BCUT2D eigenvalue weighted by Crippen LogP contribution is -2.47. The van der Waals surface area contributed by atoms with Crippen LogP contribution in [0.25, 0.3) is 0 Å². The first-order valence-electron chi connectivity index (χ1n) is 16.9. The second-order valence-electron chi connectivity index (χ2n) is 12.1. The molecule has 1 aliphatic heterocycles. The van der Waals surface area contributed by atoms with Crippen molar-refractivity contribution in [3.8, 4) is 6.07 Å². The van der Waals surface area contributed by atoms with Crippen LogP contribution in [0.4, 0.5) is 16.2 Å². The standard InChI is InChI=1S/C29H28N6O3S2.C10H12ClNO/c30-18-23-6-8-24(9-7-23)20-34-22-31-19-27(34)21-35(40(37,38)28-4-2-1-3-5-28)26-12-10-25(11-13-26)32-14-16-33(17-15-32)29(36)39;11-7-6-10(13)12-8-9-4-2-1-3-5-9/h1-13,19,22H,14-17,20-21H2,(H,36,39);1-5H,6-8H2,(H,12,13). The molecule has 6 rings (SSSR count). The molecule has 0 unspecified atom stereocenters. The first-order chi connectivity index (χ1) is 25.7. The van der Waals surface area contributed by atoms with Crippen LogP contribution in [0.5, 0.6) is 0 Å². The zero-order valence-electron chi connectivity index (χ0n) is 29.0. The third kappa shape index (κ3) is 10.9. The van der Waals surface area contributed by atoms with Crippen molar-refractivity contribution in [2.75, 3.05) is 41.3 Å². The third-order valence-corrected chi connectivity index (χ3v) is 10.8. The Hall–Kier alpha value is -5.29. The molecule has 4 aromatic carbocycles. The highest BCUT2D eigenvalue weighted by Gasteiger charge is 2.27. The van der Waals surface area contributed by atoms with E-state index in [9.17, 15) is 18.0 Å². The lowest BCUT2D eigenvalue weighted by Gasteiger charge is -2.35. The van der Waals surface area contributed by atoms with Gasteiger partial charge in [-0.3, -0.25) is 13.9 Å². The maximum atomic E-state index is 13.9. The fourth-order valence-corrected chi connectivity index (χ4v) is 7.47. The summed E-state index contributed by atoms with van der Waals surface area (Å²) in [6.45, 7) is 3.66. The van der Waals surface area contributed by atoms with E-state index in [0.29, 0.717) is 62.8 Å². The molecule has 274 valence electrons. The minimum atomic E-state index is -3.89. The fraction of sp³-hybridized carbons (Fsp3) is 0.231. The van der Waals surface area contributed by atoms with Crippen LogP contribution in [-0.4, -0.2) is 66.1 Å². The molecule has 5 aromatic rings. The molecule has 53 heavy (non-hydrogen) atoms. The van der Waals surface area contributed by atoms with Crippen molar-refractivity contribution in [1.29, 1.82) is 5.26 Å². The molecular formula is C39H40ClN7O4S2. The SMILES string of the molecule is N#Cc1ccc(Cn2cncc2CN(c2ccc(N3CCN(C(=O)S)CC3)cc2)S(=O)(=O)c2ccccc2)cc1.O=C(CCCl)NCc1ccccc1. The Morgan fingerprint density at radius 1 is 0.868 bits per heavy atom. The van der Waals surface area contributed by atoms with Crippen molar-refractivity contribution >= 4 is 56.8 Å². The Morgan fingerprint density at radius 2 is 1.51 bits per heavy atom. The summed E-state index contributed by atoms with van der Waals surface area (Å²) in [4.78, 5) is 30.9. The summed E-state index contributed by atoms with van der Waals surface area (Å²) < 4.78 is 31.1. The molecule has 2 heterocycles. The van der Waals surface area contributed by atoms with Gasteiger partial charge >= 0.3 is 0 Å². The van der Waals surface area contributed by atoms with Crippen molar-refractivity contribution in [3.63, 3.8) is 0 Å². The lowest BCUT2D eigenvalue weighted by molar-refractivity contribution is -0.120. The Labute approximate surface area is 320 Å². The number of imidazole rings is 1. The van der Waals surface area contributed by atoms with Crippen LogP contribution >= 0.6 is 24.2 Å². The number of carbonyl (C=O) groups is 2. The quantitative estimate of drug-likeness (QED) is 0.113. The van der Waals surface area contributed by atoms with Gasteiger partial charge in [0, 0.05) is 63.5 Å². The predicted molar refractivity (Wildman–Crippen MR) is 211 cm³/mol. The third-order valence-electron chi connectivity index (χ3n) is 8.58. The van der Waals surface area contributed by atoms with Gasteiger partial charge in [0.05, 0.1) is 40.8 Å². The summed E-state index contributed by atoms with van der Waals surface area (Å²) in [6, 6.07) is 35.0. The molecule has 0 saturated carbocycles. The van der Waals surface area contributed by atoms with Gasteiger partial charge in [0.25, 0.3) is 15.3 Å². The smallest absolute Gasteiger partial charge is 0.278 e. The van der Waals surface area contributed by atoms with Crippen molar-refractivity contribution in [2.24, 2.45) is 0 Å². The molecule has 1 saturated heterocycles. The van der Waals surface area contributed by atoms with Crippen LogP contribution in [0.15, 0.2) is 127 Å². The minimum Gasteiger partial charge on any atom is -0.368 e. The highest BCUT2D eigenvalue weighted by molar-refractivity contribution is 7.96. The number of amides is 2. The summed E-state index contributed by atoms with van der Waals surface area (Å²) in [6.07, 6.45) is 3.74. The number of hydrogen-bond acceptors (Lipinski definition) is 7. The number of sulfonamides is 1. The lowest BCUT2D eigenvalue weighted by atomic mass is 10.1. The molecule has 1 fully saturated rings. The Kier molecular flexibility index (Phi) is 13.9. The fourth-order valence-electron chi connectivity index (χ4n) is 5.64. The van der Waals surface area contributed by atoms with Crippen LogP contribution in [0.1, 0.15) is 28.8 Å². The van der Waals surface area contributed by atoms with E-state index >= 15 is 0 Å². The zero-order valence-corrected chi connectivity index (χ0v) is 31.4. The summed E-state index contributed by atoms with van der Waals surface area (Å²) in [5.74, 6) is 0.375. The Balaban J connectivity index is 0.000000352. The van der Waals surface area contributed by atoms with Crippen molar-refractivity contribution in [2.45, 2.75) is 31.0 Å². The topological polar surface area (TPSA) is 132 Å². The first kappa shape index (κ1) is 38.9. The number of benzene rings is 4. The van der Waals surface area contributed by atoms with Gasteiger partial charge in [-0.1, -0.05) is 73.3 Å². The van der Waals surface area contributed by atoms with Gasteiger partial charge in [-0.25, -0.2) is 13.4 Å².